The fourth-order valence-corrected chi connectivity index (χ4v) is 4.81. The lowest BCUT2D eigenvalue weighted by atomic mass is 9.84. The molecule has 4 rings (SSSR count). The van der Waals surface area contributed by atoms with Crippen LogP contribution in [0.2, 0.25) is 0 Å². The average molecular weight is 394 g/mol. The monoisotopic (exact) mass is 394 g/mol. The minimum atomic E-state index is -0.413. The van der Waals surface area contributed by atoms with Crippen LogP contribution >= 0.6 is 0 Å². The molecular formula is C24H27FN2O2. The number of rotatable bonds is 5. The summed E-state index contributed by atoms with van der Waals surface area (Å²) < 4.78 is 13.0. The van der Waals surface area contributed by atoms with Crippen LogP contribution in [0.5, 0.6) is 0 Å². The molecule has 0 bridgehead atoms. The molecule has 152 valence electrons. The van der Waals surface area contributed by atoms with Crippen molar-refractivity contribution in [2.24, 2.45) is 5.92 Å². The first-order valence-corrected chi connectivity index (χ1v) is 10.5. The SMILES string of the molecule is O=C(NCCc1ccc(F)cc1)C1CC2CCCCC2N1C(=O)c1ccccc1. The number of carbonyl (C=O) groups is 2. The molecular weight excluding hydrogens is 367 g/mol. The molecule has 5 heteroatoms. The number of likely N-dealkylation sites (tertiary alicyclic amines) is 1. The second-order valence-electron chi connectivity index (χ2n) is 8.11. The van der Waals surface area contributed by atoms with Crippen molar-refractivity contribution in [1.82, 2.24) is 10.2 Å². The summed E-state index contributed by atoms with van der Waals surface area (Å²) in [7, 11) is 0. The van der Waals surface area contributed by atoms with Crippen molar-refractivity contribution in [2.75, 3.05) is 6.54 Å². The molecule has 0 spiro atoms. The Bertz CT molecular complexity index is 853. The zero-order chi connectivity index (χ0) is 20.2. The molecule has 1 heterocycles. The van der Waals surface area contributed by atoms with Crippen LogP contribution < -0.4 is 5.32 Å². The van der Waals surface area contributed by atoms with E-state index >= 15 is 0 Å². The van der Waals surface area contributed by atoms with Crippen LogP contribution in [0.15, 0.2) is 54.6 Å². The third-order valence-corrected chi connectivity index (χ3v) is 6.27. The number of hydrogen-bond acceptors (Lipinski definition) is 2. The first-order chi connectivity index (χ1) is 14.1. The standard InChI is InChI=1S/C24H27FN2O2/c25-20-12-10-17(11-13-20)14-15-26-23(28)22-16-19-8-4-5-9-21(19)27(22)24(29)18-6-2-1-3-7-18/h1-3,6-7,10-13,19,21-22H,4-5,8-9,14-16H2,(H,26,28). The molecule has 4 nitrogen and oxygen atoms in total. The molecule has 1 saturated carbocycles. The van der Waals surface area contributed by atoms with E-state index in [-0.39, 0.29) is 23.7 Å². The Morgan fingerprint density at radius 1 is 1.00 bits per heavy atom. The lowest BCUT2D eigenvalue weighted by Gasteiger charge is -2.33. The van der Waals surface area contributed by atoms with E-state index in [0.29, 0.717) is 24.4 Å². The molecule has 2 fully saturated rings. The molecule has 29 heavy (non-hydrogen) atoms. The zero-order valence-electron chi connectivity index (χ0n) is 16.5. The third kappa shape index (κ3) is 4.34. The second kappa shape index (κ2) is 8.76. The van der Waals surface area contributed by atoms with Gasteiger partial charge in [-0.05, 0) is 61.4 Å². The zero-order valence-corrected chi connectivity index (χ0v) is 16.5. The van der Waals surface area contributed by atoms with Gasteiger partial charge in [-0.15, -0.1) is 0 Å². The maximum atomic E-state index is 13.3. The van der Waals surface area contributed by atoms with E-state index in [4.69, 9.17) is 0 Å². The van der Waals surface area contributed by atoms with E-state index in [0.717, 1.165) is 31.2 Å². The van der Waals surface area contributed by atoms with E-state index in [9.17, 15) is 14.0 Å². The summed E-state index contributed by atoms with van der Waals surface area (Å²) in [5.74, 6) is 0.0233. The van der Waals surface area contributed by atoms with Crippen LogP contribution in [0.25, 0.3) is 0 Å². The molecule has 2 aliphatic rings. The third-order valence-electron chi connectivity index (χ3n) is 6.27. The Hall–Kier alpha value is -2.69. The van der Waals surface area contributed by atoms with Gasteiger partial charge in [0, 0.05) is 18.2 Å². The summed E-state index contributed by atoms with van der Waals surface area (Å²) in [5, 5.41) is 3.01. The highest BCUT2D eigenvalue weighted by Gasteiger charge is 2.47. The van der Waals surface area contributed by atoms with E-state index in [2.05, 4.69) is 5.32 Å². The number of fused-ring (bicyclic) bond motifs is 1. The highest BCUT2D eigenvalue weighted by molar-refractivity contribution is 5.98. The maximum Gasteiger partial charge on any atom is 0.254 e. The molecule has 1 saturated heterocycles. The van der Waals surface area contributed by atoms with Crippen LogP contribution in [-0.4, -0.2) is 35.3 Å². The maximum absolute atomic E-state index is 13.3. The summed E-state index contributed by atoms with van der Waals surface area (Å²) >= 11 is 0. The van der Waals surface area contributed by atoms with E-state index in [1.807, 2.05) is 35.2 Å². The molecule has 2 aromatic carbocycles. The van der Waals surface area contributed by atoms with Crippen molar-refractivity contribution in [3.8, 4) is 0 Å². The van der Waals surface area contributed by atoms with Crippen molar-refractivity contribution >= 4 is 11.8 Å². The minimum absolute atomic E-state index is 0.0429. The van der Waals surface area contributed by atoms with Crippen LogP contribution in [0, 0.1) is 11.7 Å². The fourth-order valence-electron chi connectivity index (χ4n) is 4.81. The molecule has 1 aliphatic heterocycles. The van der Waals surface area contributed by atoms with Gasteiger partial charge in [-0.1, -0.05) is 43.2 Å². The second-order valence-corrected chi connectivity index (χ2v) is 8.11. The van der Waals surface area contributed by atoms with E-state index in [1.54, 1.807) is 12.1 Å². The minimum Gasteiger partial charge on any atom is -0.354 e. The predicted molar refractivity (Wildman–Crippen MR) is 110 cm³/mol. The van der Waals surface area contributed by atoms with Gasteiger partial charge < -0.3 is 10.2 Å². The number of halogens is 1. The Morgan fingerprint density at radius 3 is 2.48 bits per heavy atom. The van der Waals surface area contributed by atoms with Crippen molar-refractivity contribution in [2.45, 2.75) is 50.6 Å². The van der Waals surface area contributed by atoms with Crippen molar-refractivity contribution < 1.29 is 14.0 Å². The molecule has 2 amide bonds. The van der Waals surface area contributed by atoms with Gasteiger partial charge in [-0.2, -0.15) is 0 Å². The number of hydrogen-bond donors (Lipinski definition) is 1. The molecule has 1 N–H and O–H groups in total. The Labute approximate surface area is 171 Å². The fraction of sp³-hybridized carbons (Fsp3) is 0.417. The number of nitrogens with zero attached hydrogens (tertiary/aromatic N) is 1. The van der Waals surface area contributed by atoms with Gasteiger partial charge in [0.15, 0.2) is 0 Å². The predicted octanol–water partition coefficient (Wildman–Crippen LogP) is 3.96. The average Bonchev–Trinajstić information content (AvgIpc) is 3.15. The van der Waals surface area contributed by atoms with Gasteiger partial charge >= 0.3 is 0 Å². The van der Waals surface area contributed by atoms with Gasteiger partial charge in [0.25, 0.3) is 5.91 Å². The molecule has 1 aliphatic carbocycles. The molecule has 3 atom stereocenters. The molecule has 3 unspecified atom stereocenters. The number of amides is 2. The first kappa shape index (κ1) is 19.6. The first-order valence-electron chi connectivity index (χ1n) is 10.5. The lowest BCUT2D eigenvalue weighted by molar-refractivity contribution is -0.125. The summed E-state index contributed by atoms with van der Waals surface area (Å²) in [6, 6.07) is 15.3. The molecule has 0 radical (unpaired) electrons. The Kier molecular flexibility index (Phi) is 5.93. The lowest BCUT2D eigenvalue weighted by Crippen LogP contribution is -2.49. The van der Waals surface area contributed by atoms with Gasteiger partial charge in [0.05, 0.1) is 0 Å². The molecule has 2 aromatic rings. The summed E-state index contributed by atoms with van der Waals surface area (Å²) in [4.78, 5) is 28.1. The number of benzene rings is 2. The van der Waals surface area contributed by atoms with Gasteiger partial charge in [-0.3, -0.25) is 9.59 Å². The van der Waals surface area contributed by atoms with Crippen LogP contribution in [-0.2, 0) is 11.2 Å². The number of carbonyl (C=O) groups excluding carboxylic acids is 2. The molecule has 0 aromatic heterocycles. The Balaban J connectivity index is 1.45. The topological polar surface area (TPSA) is 49.4 Å². The Morgan fingerprint density at radius 2 is 1.72 bits per heavy atom. The quantitative estimate of drug-likeness (QED) is 0.835. The highest BCUT2D eigenvalue weighted by atomic mass is 19.1. The highest BCUT2D eigenvalue weighted by Crippen LogP contribution is 2.40. The van der Waals surface area contributed by atoms with Crippen LogP contribution in [0.3, 0.4) is 0 Å². The van der Waals surface area contributed by atoms with Crippen molar-refractivity contribution in [3.05, 3.63) is 71.5 Å². The van der Waals surface area contributed by atoms with Crippen molar-refractivity contribution in [1.29, 1.82) is 0 Å². The van der Waals surface area contributed by atoms with Crippen LogP contribution in [0.1, 0.15) is 48.0 Å². The van der Waals surface area contributed by atoms with E-state index in [1.165, 1.54) is 18.6 Å². The normalized spacial score (nSPS) is 23.5. The van der Waals surface area contributed by atoms with Gasteiger partial charge in [0.2, 0.25) is 5.91 Å². The van der Waals surface area contributed by atoms with Crippen LogP contribution in [0.4, 0.5) is 4.39 Å². The van der Waals surface area contributed by atoms with E-state index < -0.39 is 6.04 Å². The van der Waals surface area contributed by atoms with Crippen molar-refractivity contribution in [3.63, 3.8) is 0 Å². The van der Waals surface area contributed by atoms with Gasteiger partial charge in [0.1, 0.15) is 11.9 Å². The summed E-state index contributed by atoms with van der Waals surface area (Å²) in [5.41, 5.74) is 1.62. The summed E-state index contributed by atoms with van der Waals surface area (Å²) in [6.07, 6.45) is 5.72. The number of nitrogens with one attached hydrogen (secondary N) is 1. The smallest absolute Gasteiger partial charge is 0.254 e. The van der Waals surface area contributed by atoms with Gasteiger partial charge in [-0.25, -0.2) is 4.39 Å². The largest absolute Gasteiger partial charge is 0.354 e. The summed E-state index contributed by atoms with van der Waals surface area (Å²) in [6.45, 7) is 0.476.